The second-order valence-electron chi connectivity index (χ2n) is 7.45. The number of benzene rings is 1. The Hall–Kier alpha value is -2.49. The van der Waals surface area contributed by atoms with Gasteiger partial charge in [0.15, 0.2) is 0 Å². The van der Waals surface area contributed by atoms with Gasteiger partial charge in [-0.05, 0) is 55.8 Å². The molecule has 1 amide bonds. The van der Waals surface area contributed by atoms with Crippen LogP contribution >= 0.6 is 0 Å². The zero-order valence-corrected chi connectivity index (χ0v) is 16.5. The van der Waals surface area contributed by atoms with Crippen LogP contribution in [0.3, 0.4) is 0 Å². The van der Waals surface area contributed by atoms with Crippen molar-refractivity contribution in [1.29, 1.82) is 0 Å². The monoisotopic (exact) mass is 380 g/mol. The number of anilines is 1. The van der Waals surface area contributed by atoms with Gasteiger partial charge in [0.1, 0.15) is 5.78 Å². The van der Waals surface area contributed by atoms with Crippen LogP contribution in [0, 0.1) is 0 Å². The fraction of sp³-hybridized carbons (Fsp3) is 0.458. The second kappa shape index (κ2) is 10.2. The van der Waals surface area contributed by atoms with Gasteiger partial charge >= 0.3 is 0 Å². The van der Waals surface area contributed by atoms with Gasteiger partial charge in [-0.3, -0.25) is 14.6 Å². The van der Waals surface area contributed by atoms with E-state index in [1.165, 1.54) is 5.56 Å². The van der Waals surface area contributed by atoms with Crippen LogP contribution < -0.4 is 4.90 Å². The number of nitrogens with zero attached hydrogens (tertiary/aromatic N) is 2. The third-order valence-electron chi connectivity index (χ3n) is 5.19. The van der Waals surface area contributed by atoms with E-state index in [0.29, 0.717) is 24.8 Å². The molecule has 4 heteroatoms. The van der Waals surface area contributed by atoms with E-state index in [1.54, 1.807) is 24.5 Å². The maximum absolute atomic E-state index is 12.7. The Morgan fingerprint density at radius 1 is 1.11 bits per heavy atom. The fourth-order valence-electron chi connectivity index (χ4n) is 3.74. The molecule has 3 rings (SSSR count). The lowest BCUT2D eigenvalue weighted by Gasteiger charge is -2.22. The smallest absolute Gasteiger partial charge is 0.227 e. The summed E-state index contributed by atoms with van der Waals surface area (Å²) < 4.78 is 16.2. The number of amides is 1. The van der Waals surface area contributed by atoms with Gasteiger partial charge in [0.05, 0.1) is 0 Å². The summed E-state index contributed by atoms with van der Waals surface area (Å²) in [5.41, 5.74) is 2.88. The van der Waals surface area contributed by atoms with E-state index >= 15 is 0 Å². The van der Waals surface area contributed by atoms with Gasteiger partial charge in [-0.15, -0.1) is 0 Å². The van der Waals surface area contributed by atoms with E-state index in [4.69, 9.17) is 2.74 Å². The quantitative estimate of drug-likeness (QED) is 0.551. The Morgan fingerprint density at radius 3 is 2.68 bits per heavy atom. The molecule has 28 heavy (non-hydrogen) atoms. The highest BCUT2D eigenvalue weighted by molar-refractivity contribution is 5.96. The van der Waals surface area contributed by atoms with Gasteiger partial charge in [0.2, 0.25) is 5.91 Å². The number of carbonyl (C=O) groups excluding carboxylic acids is 2. The molecule has 0 N–H and O–H groups in total. The SMILES string of the molecule is [2H][C@H](c1cccnc1)[C@@H]([2H])C(=O)CCCCCCC(=O)N1c2ccccc2CC1C. The van der Waals surface area contributed by atoms with Crippen LogP contribution in [0.25, 0.3) is 0 Å². The molecule has 1 aliphatic heterocycles. The minimum atomic E-state index is -1.08. The summed E-state index contributed by atoms with van der Waals surface area (Å²) >= 11 is 0. The summed E-state index contributed by atoms with van der Waals surface area (Å²) in [4.78, 5) is 30.8. The van der Waals surface area contributed by atoms with Crippen LogP contribution in [-0.2, 0) is 22.4 Å². The lowest BCUT2D eigenvalue weighted by atomic mass is 10.0. The molecular weight excluding hydrogens is 348 g/mol. The Labute approximate surface area is 170 Å². The highest BCUT2D eigenvalue weighted by Gasteiger charge is 2.29. The number of aromatic nitrogens is 1. The van der Waals surface area contributed by atoms with Crippen molar-refractivity contribution < 1.29 is 12.3 Å². The normalized spacial score (nSPS) is 18.8. The van der Waals surface area contributed by atoms with Crippen LogP contribution in [0.4, 0.5) is 5.69 Å². The number of Topliss-reactive ketones (excluding diaryl/α,β-unsaturated/α-hetero) is 1. The molecule has 2 aromatic rings. The number of hydrogen-bond acceptors (Lipinski definition) is 3. The number of hydrogen-bond donors (Lipinski definition) is 0. The van der Waals surface area contributed by atoms with Crippen molar-refractivity contribution in [2.45, 2.75) is 70.7 Å². The van der Waals surface area contributed by atoms with E-state index in [0.717, 1.165) is 31.4 Å². The van der Waals surface area contributed by atoms with E-state index in [-0.39, 0.29) is 17.7 Å². The first-order valence-electron chi connectivity index (χ1n) is 11.3. The molecule has 1 aromatic carbocycles. The van der Waals surface area contributed by atoms with Crippen molar-refractivity contribution in [3.05, 3.63) is 59.9 Å². The average molecular weight is 381 g/mol. The Kier molecular flexibility index (Phi) is 6.39. The first kappa shape index (κ1) is 17.6. The standard InChI is InChI=1S/C24H30N2O2/c1-19-17-21-10-6-7-12-23(21)26(19)24(28)13-5-3-2-4-11-22(27)15-14-20-9-8-16-25-18-20/h6-10,12,16,18-19H,2-5,11,13-15,17H2,1H3/i14D,15D/t14-,15+,19?/m0/s1. The van der Waals surface area contributed by atoms with Gasteiger partial charge in [-0.1, -0.05) is 37.1 Å². The molecule has 0 fully saturated rings. The van der Waals surface area contributed by atoms with Gasteiger partial charge in [0.25, 0.3) is 0 Å². The summed E-state index contributed by atoms with van der Waals surface area (Å²) in [5.74, 6) is -0.0271. The minimum absolute atomic E-state index is 0.170. The van der Waals surface area contributed by atoms with Gasteiger partial charge < -0.3 is 4.90 Å². The molecule has 0 bridgehead atoms. The molecule has 1 unspecified atom stereocenters. The zero-order valence-electron chi connectivity index (χ0n) is 18.5. The Morgan fingerprint density at radius 2 is 1.89 bits per heavy atom. The van der Waals surface area contributed by atoms with Crippen LogP contribution in [0.2, 0.25) is 0 Å². The summed E-state index contributed by atoms with van der Waals surface area (Å²) in [6, 6.07) is 11.8. The molecule has 1 aromatic heterocycles. The third-order valence-corrected chi connectivity index (χ3v) is 5.19. The van der Waals surface area contributed by atoms with Gasteiger partial charge in [0, 0.05) is 46.1 Å². The second-order valence-corrected chi connectivity index (χ2v) is 7.45. The zero-order chi connectivity index (χ0) is 21.5. The highest BCUT2D eigenvalue weighted by Crippen LogP contribution is 2.32. The lowest BCUT2D eigenvalue weighted by Crippen LogP contribution is -2.35. The number of pyridine rings is 1. The summed E-state index contributed by atoms with van der Waals surface area (Å²) in [6.45, 7) is 2.09. The van der Waals surface area contributed by atoms with Crippen molar-refractivity contribution in [2.75, 3.05) is 4.90 Å². The number of aryl methyl sites for hydroxylation is 1. The van der Waals surface area contributed by atoms with Crippen molar-refractivity contribution >= 4 is 17.4 Å². The first-order valence-corrected chi connectivity index (χ1v) is 10.2. The molecule has 1 aliphatic rings. The van der Waals surface area contributed by atoms with E-state index in [9.17, 15) is 9.59 Å². The lowest BCUT2D eigenvalue weighted by molar-refractivity contribution is -0.120. The van der Waals surface area contributed by atoms with Crippen LogP contribution in [0.1, 0.15) is 65.7 Å². The molecule has 0 saturated heterocycles. The van der Waals surface area contributed by atoms with Crippen molar-refractivity contribution in [1.82, 2.24) is 4.98 Å². The van der Waals surface area contributed by atoms with Gasteiger partial charge in [-0.2, -0.15) is 0 Å². The number of carbonyl (C=O) groups is 2. The van der Waals surface area contributed by atoms with Crippen molar-refractivity contribution in [3.8, 4) is 0 Å². The number of unbranched alkanes of at least 4 members (excludes halogenated alkanes) is 3. The van der Waals surface area contributed by atoms with Crippen LogP contribution in [0.5, 0.6) is 0 Å². The van der Waals surface area contributed by atoms with E-state index in [1.807, 2.05) is 23.1 Å². The van der Waals surface area contributed by atoms with Crippen LogP contribution in [0.15, 0.2) is 48.8 Å². The Balaban J connectivity index is 1.35. The molecular formula is C24H30N2O2. The predicted molar refractivity (Wildman–Crippen MR) is 112 cm³/mol. The molecule has 0 spiro atoms. The van der Waals surface area contributed by atoms with E-state index in [2.05, 4.69) is 18.0 Å². The number of fused-ring (bicyclic) bond motifs is 1. The fourth-order valence-corrected chi connectivity index (χ4v) is 3.74. The maximum atomic E-state index is 12.7. The third kappa shape index (κ3) is 5.51. The number of para-hydroxylation sites is 1. The summed E-state index contributed by atoms with van der Waals surface area (Å²) in [5, 5.41) is 0. The molecule has 3 atom stereocenters. The minimum Gasteiger partial charge on any atom is -0.309 e. The maximum Gasteiger partial charge on any atom is 0.227 e. The van der Waals surface area contributed by atoms with Gasteiger partial charge in [-0.25, -0.2) is 0 Å². The molecule has 0 aliphatic carbocycles. The summed E-state index contributed by atoms with van der Waals surface area (Å²) in [7, 11) is 0. The average Bonchev–Trinajstić information content (AvgIpc) is 3.11. The van der Waals surface area contributed by atoms with Crippen molar-refractivity contribution in [3.63, 3.8) is 0 Å². The Bertz CT molecular complexity index is 859. The summed E-state index contributed by atoms with van der Waals surface area (Å²) in [6.07, 6.45) is 6.18. The van der Waals surface area contributed by atoms with Crippen LogP contribution in [-0.4, -0.2) is 22.7 Å². The molecule has 0 saturated carbocycles. The van der Waals surface area contributed by atoms with Crippen molar-refractivity contribution in [2.24, 2.45) is 0 Å². The van der Waals surface area contributed by atoms with E-state index < -0.39 is 12.8 Å². The first-order chi connectivity index (χ1) is 14.5. The number of ketones is 1. The molecule has 0 radical (unpaired) electrons. The number of rotatable bonds is 10. The predicted octanol–water partition coefficient (Wildman–Crippen LogP) is 4.90. The highest BCUT2D eigenvalue weighted by atomic mass is 16.2. The topological polar surface area (TPSA) is 50.3 Å². The molecule has 148 valence electrons. The molecule has 2 heterocycles. The largest absolute Gasteiger partial charge is 0.309 e. The molecule has 4 nitrogen and oxygen atoms in total.